The van der Waals surface area contributed by atoms with Gasteiger partial charge in [0.15, 0.2) is 0 Å². The zero-order chi connectivity index (χ0) is 20.7. The van der Waals surface area contributed by atoms with E-state index in [0.29, 0.717) is 19.4 Å². The molecule has 154 valence electrons. The number of piperazine rings is 1. The lowest BCUT2D eigenvalue weighted by Gasteiger charge is -2.34. The van der Waals surface area contributed by atoms with Gasteiger partial charge in [0.1, 0.15) is 17.8 Å². The number of carbonyl (C=O) groups excluding carboxylic acids is 2. The number of carbonyl (C=O) groups is 2. The SMILES string of the molecule is O=C1N[C@@H](Cc2ccc(O)cc2)C(=O)N2C[C@@H](NCc3cc4ccccc4s3)C[C@@H]12. The van der Waals surface area contributed by atoms with Crippen molar-refractivity contribution in [3.63, 3.8) is 0 Å². The fourth-order valence-corrected chi connectivity index (χ4v) is 5.40. The Morgan fingerprint density at radius 2 is 1.93 bits per heavy atom. The van der Waals surface area contributed by atoms with Crippen molar-refractivity contribution in [3.05, 3.63) is 65.0 Å². The molecular formula is C23H23N3O3S. The Kier molecular flexibility index (Phi) is 4.92. The number of hydrogen-bond acceptors (Lipinski definition) is 5. The van der Waals surface area contributed by atoms with Gasteiger partial charge < -0.3 is 20.6 Å². The van der Waals surface area contributed by atoms with Crippen LogP contribution < -0.4 is 10.6 Å². The lowest BCUT2D eigenvalue weighted by Crippen LogP contribution is -2.61. The summed E-state index contributed by atoms with van der Waals surface area (Å²) in [7, 11) is 0. The molecule has 7 heteroatoms. The number of aromatic hydroxyl groups is 1. The van der Waals surface area contributed by atoms with Gasteiger partial charge in [-0.2, -0.15) is 0 Å². The molecule has 2 aromatic carbocycles. The van der Waals surface area contributed by atoms with E-state index in [1.54, 1.807) is 40.5 Å². The van der Waals surface area contributed by atoms with Crippen LogP contribution in [0.25, 0.3) is 10.1 Å². The highest BCUT2D eigenvalue weighted by Gasteiger charge is 2.46. The van der Waals surface area contributed by atoms with Crippen LogP contribution in [-0.2, 0) is 22.6 Å². The summed E-state index contributed by atoms with van der Waals surface area (Å²) in [5.41, 5.74) is 0.906. The molecule has 3 heterocycles. The number of benzene rings is 2. The number of rotatable bonds is 5. The molecule has 6 nitrogen and oxygen atoms in total. The number of nitrogens with zero attached hydrogens (tertiary/aromatic N) is 1. The fraction of sp³-hybridized carbons (Fsp3) is 0.304. The maximum atomic E-state index is 13.0. The van der Waals surface area contributed by atoms with Crippen molar-refractivity contribution in [2.45, 2.75) is 37.5 Å². The number of nitrogens with one attached hydrogen (secondary N) is 2. The second-order valence-electron chi connectivity index (χ2n) is 8.00. The number of fused-ring (bicyclic) bond motifs is 2. The molecule has 3 N–H and O–H groups in total. The third-order valence-electron chi connectivity index (χ3n) is 5.92. The van der Waals surface area contributed by atoms with Crippen LogP contribution >= 0.6 is 11.3 Å². The summed E-state index contributed by atoms with van der Waals surface area (Å²) < 4.78 is 1.27. The molecule has 2 saturated heterocycles. The van der Waals surface area contributed by atoms with Gasteiger partial charge in [-0.3, -0.25) is 9.59 Å². The van der Waals surface area contributed by atoms with Crippen molar-refractivity contribution >= 4 is 33.2 Å². The van der Waals surface area contributed by atoms with Gasteiger partial charge in [0.05, 0.1) is 0 Å². The van der Waals surface area contributed by atoms with Gasteiger partial charge in [-0.15, -0.1) is 11.3 Å². The van der Waals surface area contributed by atoms with Crippen molar-refractivity contribution in [3.8, 4) is 5.75 Å². The Balaban J connectivity index is 1.23. The van der Waals surface area contributed by atoms with Gasteiger partial charge in [0, 0.05) is 35.1 Å². The molecule has 5 rings (SSSR count). The fourth-order valence-electron chi connectivity index (χ4n) is 4.38. The highest BCUT2D eigenvalue weighted by molar-refractivity contribution is 7.19. The van der Waals surface area contributed by atoms with Crippen LogP contribution in [0.5, 0.6) is 5.75 Å². The Morgan fingerprint density at radius 3 is 2.73 bits per heavy atom. The molecule has 0 bridgehead atoms. The second kappa shape index (κ2) is 7.74. The molecule has 0 aliphatic carbocycles. The number of phenolic OH excluding ortho intramolecular Hbond substituents is 1. The van der Waals surface area contributed by atoms with E-state index in [9.17, 15) is 14.7 Å². The largest absolute Gasteiger partial charge is 0.508 e. The standard InChI is InChI=1S/C23H23N3O3S/c27-17-7-5-14(6-8-17)9-19-23(29)26-13-16(11-20(26)22(28)25-19)24-12-18-10-15-3-1-2-4-21(15)30-18/h1-8,10,16,19-20,24,27H,9,11-13H2,(H,25,28)/t16-,19-,20-/m0/s1. The van der Waals surface area contributed by atoms with E-state index >= 15 is 0 Å². The van der Waals surface area contributed by atoms with E-state index < -0.39 is 12.1 Å². The van der Waals surface area contributed by atoms with Crippen LogP contribution in [0.3, 0.4) is 0 Å². The average Bonchev–Trinajstić information content (AvgIpc) is 3.36. The van der Waals surface area contributed by atoms with E-state index in [-0.39, 0.29) is 23.6 Å². The highest BCUT2D eigenvalue weighted by atomic mass is 32.1. The zero-order valence-electron chi connectivity index (χ0n) is 16.4. The number of thiophene rings is 1. The molecule has 30 heavy (non-hydrogen) atoms. The van der Waals surface area contributed by atoms with Crippen LogP contribution in [0.1, 0.15) is 16.9 Å². The molecule has 2 fully saturated rings. The Bertz CT molecular complexity index is 1060. The molecule has 3 aromatic rings. The summed E-state index contributed by atoms with van der Waals surface area (Å²) in [6, 6.07) is 16.4. The van der Waals surface area contributed by atoms with Crippen molar-refractivity contribution in [1.82, 2.24) is 15.5 Å². The van der Waals surface area contributed by atoms with E-state index in [2.05, 4.69) is 28.8 Å². The van der Waals surface area contributed by atoms with Gasteiger partial charge in [-0.05, 0) is 41.6 Å². The maximum absolute atomic E-state index is 13.0. The highest BCUT2D eigenvalue weighted by Crippen LogP contribution is 2.27. The predicted octanol–water partition coefficient (Wildman–Crippen LogP) is 2.41. The first kappa shape index (κ1) is 19.1. The van der Waals surface area contributed by atoms with Crippen molar-refractivity contribution in [2.24, 2.45) is 0 Å². The topological polar surface area (TPSA) is 81.7 Å². The first-order valence-corrected chi connectivity index (χ1v) is 11.0. The third-order valence-corrected chi connectivity index (χ3v) is 7.04. The number of hydrogen-bond donors (Lipinski definition) is 3. The first-order chi connectivity index (χ1) is 14.6. The van der Waals surface area contributed by atoms with Crippen molar-refractivity contribution < 1.29 is 14.7 Å². The Hall–Kier alpha value is -2.90. The van der Waals surface area contributed by atoms with Crippen molar-refractivity contribution in [2.75, 3.05) is 6.54 Å². The summed E-state index contributed by atoms with van der Waals surface area (Å²) >= 11 is 1.77. The number of amides is 2. The van der Waals surface area contributed by atoms with Crippen LogP contribution in [0.15, 0.2) is 54.6 Å². The predicted molar refractivity (Wildman–Crippen MR) is 116 cm³/mol. The van der Waals surface area contributed by atoms with E-state index in [4.69, 9.17) is 0 Å². The van der Waals surface area contributed by atoms with Crippen LogP contribution in [0.2, 0.25) is 0 Å². The average molecular weight is 422 g/mol. The summed E-state index contributed by atoms with van der Waals surface area (Å²) in [5.74, 6) is 0.0771. The molecule has 0 radical (unpaired) electrons. The van der Waals surface area contributed by atoms with Crippen LogP contribution in [0.4, 0.5) is 0 Å². The van der Waals surface area contributed by atoms with Crippen LogP contribution in [-0.4, -0.2) is 46.5 Å². The van der Waals surface area contributed by atoms with E-state index in [1.807, 2.05) is 12.1 Å². The molecule has 1 aromatic heterocycles. The Morgan fingerprint density at radius 1 is 1.13 bits per heavy atom. The minimum Gasteiger partial charge on any atom is -0.508 e. The van der Waals surface area contributed by atoms with Crippen molar-refractivity contribution in [1.29, 1.82) is 0 Å². The summed E-state index contributed by atoms with van der Waals surface area (Å²) in [6.45, 7) is 1.28. The second-order valence-corrected chi connectivity index (χ2v) is 9.17. The molecular weight excluding hydrogens is 398 g/mol. The molecule has 2 aliphatic rings. The Labute approximate surface area is 178 Å². The van der Waals surface area contributed by atoms with Gasteiger partial charge in [0.2, 0.25) is 11.8 Å². The summed E-state index contributed by atoms with van der Waals surface area (Å²) in [6.07, 6.45) is 1.06. The lowest BCUT2D eigenvalue weighted by molar-refractivity contribution is -0.147. The lowest BCUT2D eigenvalue weighted by atomic mass is 10.0. The quantitative estimate of drug-likeness (QED) is 0.591. The van der Waals surface area contributed by atoms with Gasteiger partial charge >= 0.3 is 0 Å². The minimum atomic E-state index is -0.556. The van der Waals surface area contributed by atoms with E-state index in [0.717, 1.165) is 12.1 Å². The summed E-state index contributed by atoms with van der Waals surface area (Å²) in [5, 5.41) is 17.1. The molecule has 0 unspecified atom stereocenters. The van der Waals surface area contributed by atoms with Gasteiger partial charge in [-0.25, -0.2) is 0 Å². The smallest absolute Gasteiger partial charge is 0.246 e. The molecule has 2 amide bonds. The monoisotopic (exact) mass is 421 g/mol. The molecule has 3 atom stereocenters. The number of phenols is 1. The molecule has 0 saturated carbocycles. The third kappa shape index (κ3) is 3.66. The molecule has 0 spiro atoms. The van der Waals surface area contributed by atoms with Crippen LogP contribution in [0, 0.1) is 0 Å². The minimum absolute atomic E-state index is 0.0289. The zero-order valence-corrected chi connectivity index (χ0v) is 17.2. The van der Waals surface area contributed by atoms with E-state index in [1.165, 1.54) is 15.0 Å². The molecule has 2 aliphatic heterocycles. The van der Waals surface area contributed by atoms with Gasteiger partial charge in [-0.1, -0.05) is 30.3 Å². The van der Waals surface area contributed by atoms with Gasteiger partial charge in [0.25, 0.3) is 0 Å². The maximum Gasteiger partial charge on any atom is 0.246 e. The first-order valence-electron chi connectivity index (χ1n) is 10.2. The normalized spacial score (nSPS) is 23.6. The summed E-state index contributed by atoms with van der Waals surface area (Å²) in [4.78, 5) is 28.6.